The molecule has 2 rings (SSSR count). The van der Waals surface area contributed by atoms with Crippen LogP contribution in [0.5, 0.6) is 0 Å². The fourth-order valence-corrected chi connectivity index (χ4v) is 2.21. The van der Waals surface area contributed by atoms with Gasteiger partial charge in [0, 0.05) is 32.7 Å². The molecule has 0 spiro atoms. The second kappa shape index (κ2) is 5.97. The molecule has 1 N–H and O–H groups in total. The molecule has 5 nitrogen and oxygen atoms in total. The average molecular weight is 280 g/mol. The molecule has 20 heavy (non-hydrogen) atoms. The van der Waals surface area contributed by atoms with Crippen LogP contribution >= 0.6 is 0 Å². The van der Waals surface area contributed by atoms with Gasteiger partial charge in [0.1, 0.15) is 0 Å². The Kier molecular flexibility index (Phi) is 4.50. The second-order valence-electron chi connectivity index (χ2n) is 6.45. The first-order valence-corrected chi connectivity index (χ1v) is 7.11. The topological polar surface area (TPSA) is 56.9 Å². The van der Waals surface area contributed by atoms with Gasteiger partial charge in [0.2, 0.25) is 0 Å². The predicted molar refractivity (Wildman–Crippen MR) is 76.5 cm³/mol. The Morgan fingerprint density at radius 2 is 2.00 bits per heavy atom. The van der Waals surface area contributed by atoms with Gasteiger partial charge in [0.05, 0.1) is 12.4 Å². The number of aliphatic hydroxyl groups is 1. The number of aliphatic hydroxyl groups excluding tert-OH is 1. The number of rotatable bonds is 3. The van der Waals surface area contributed by atoms with E-state index in [2.05, 4.69) is 4.90 Å². The average Bonchev–Trinajstić information content (AvgIpc) is 2.91. The molecule has 1 aromatic rings. The zero-order valence-corrected chi connectivity index (χ0v) is 12.5. The SMILES string of the molecule is CC(C)(C)C(O)CN1CCN(C(=O)c2ccco2)CC1. The van der Waals surface area contributed by atoms with E-state index >= 15 is 0 Å². The number of furan rings is 1. The quantitative estimate of drug-likeness (QED) is 0.910. The molecule has 0 bridgehead atoms. The van der Waals surface area contributed by atoms with Crippen LogP contribution in [0.3, 0.4) is 0 Å². The summed E-state index contributed by atoms with van der Waals surface area (Å²) in [7, 11) is 0. The van der Waals surface area contributed by atoms with Crippen LogP contribution < -0.4 is 0 Å². The zero-order chi connectivity index (χ0) is 14.8. The third-order valence-corrected chi connectivity index (χ3v) is 3.82. The first-order chi connectivity index (χ1) is 9.38. The van der Waals surface area contributed by atoms with Gasteiger partial charge in [-0.25, -0.2) is 0 Å². The molecule has 0 radical (unpaired) electrons. The summed E-state index contributed by atoms with van der Waals surface area (Å²) in [4.78, 5) is 16.1. The molecule has 2 heterocycles. The Hall–Kier alpha value is -1.33. The van der Waals surface area contributed by atoms with Crippen LogP contribution in [0.1, 0.15) is 31.3 Å². The Bertz CT molecular complexity index is 428. The molecule has 112 valence electrons. The van der Waals surface area contributed by atoms with Crippen LogP contribution in [-0.4, -0.2) is 59.6 Å². The molecular weight excluding hydrogens is 256 g/mol. The lowest BCUT2D eigenvalue weighted by atomic mass is 9.89. The predicted octanol–water partition coefficient (Wildman–Crippen LogP) is 1.44. The number of amides is 1. The lowest BCUT2D eigenvalue weighted by Gasteiger charge is -2.37. The highest BCUT2D eigenvalue weighted by Gasteiger charge is 2.28. The summed E-state index contributed by atoms with van der Waals surface area (Å²) in [6, 6.07) is 3.42. The van der Waals surface area contributed by atoms with Crippen molar-refractivity contribution in [2.45, 2.75) is 26.9 Å². The van der Waals surface area contributed by atoms with Crippen molar-refractivity contribution in [2.24, 2.45) is 5.41 Å². The van der Waals surface area contributed by atoms with E-state index < -0.39 is 0 Å². The first kappa shape index (κ1) is 15.1. The minimum absolute atomic E-state index is 0.0500. The molecule has 1 aliphatic rings. The third kappa shape index (κ3) is 3.61. The fraction of sp³-hybridized carbons (Fsp3) is 0.667. The van der Waals surface area contributed by atoms with Crippen LogP contribution in [0, 0.1) is 5.41 Å². The maximum absolute atomic E-state index is 12.1. The van der Waals surface area contributed by atoms with E-state index in [9.17, 15) is 9.90 Å². The normalized spacial score (nSPS) is 19.1. The van der Waals surface area contributed by atoms with Gasteiger partial charge < -0.3 is 14.4 Å². The molecule has 0 aliphatic carbocycles. The number of carbonyl (C=O) groups is 1. The van der Waals surface area contributed by atoms with Crippen molar-refractivity contribution >= 4 is 5.91 Å². The molecular formula is C15H24N2O3. The minimum atomic E-state index is -0.352. The minimum Gasteiger partial charge on any atom is -0.459 e. The van der Waals surface area contributed by atoms with Crippen molar-refractivity contribution in [3.05, 3.63) is 24.2 Å². The summed E-state index contributed by atoms with van der Waals surface area (Å²) < 4.78 is 5.14. The molecule has 1 saturated heterocycles. The van der Waals surface area contributed by atoms with Gasteiger partial charge in [0.25, 0.3) is 5.91 Å². The van der Waals surface area contributed by atoms with Gasteiger partial charge in [-0.3, -0.25) is 9.69 Å². The summed E-state index contributed by atoms with van der Waals surface area (Å²) >= 11 is 0. The Morgan fingerprint density at radius 1 is 1.35 bits per heavy atom. The first-order valence-electron chi connectivity index (χ1n) is 7.11. The molecule has 1 amide bonds. The van der Waals surface area contributed by atoms with E-state index in [0.29, 0.717) is 25.4 Å². The summed E-state index contributed by atoms with van der Waals surface area (Å²) in [5, 5.41) is 10.1. The molecule has 0 aromatic carbocycles. The third-order valence-electron chi connectivity index (χ3n) is 3.82. The van der Waals surface area contributed by atoms with Crippen LogP contribution in [0.25, 0.3) is 0 Å². The summed E-state index contributed by atoms with van der Waals surface area (Å²) in [6.07, 6.45) is 1.17. The lowest BCUT2D eigenvalue weighted by Crippen LogP contribution is -2.51. The maximum Gasteiger partial charge on any atom is 0.289 e. The highest BCUT2D eigenvalue weighted by molar-refractivity contribution is 5.91. The molecule has 1 fully saturated rings. The van der Waals surface area contributed by atoms with E-state index in [4.69, 9.17) is 4.42 Å². The number of hydrogen-bond acceptors (Lipinski definition) is 4. The molecule has 5 heteroatoms. The highest BCUT2D eigenvalue weighted by atomic mass is 16.3. The lowest BCUT2D eigenvalue weighted by molar-refractivity contribution is 0.0131. The largest absolute Gasteiger partial charge is 0.459 e. The number of β-amino-alcohol motifs (C(OH)–C–C–N with tert-alkyl or cyclic N) is 1. The van der Waals surface area contributed by atoms with Crippen LogP contribution in [0.4, 0.5) is 0 Å². The van der Waals surface area contributed by atoms with Crippen LogP contribution in [0.15, 0.2) is 22.8 Å². The number of nitrogens with zero attached hydrogens (tertiary/aromatic N) is 2. The molecule has 1 atom stereocenters. The van der Waals surface area contributed by atoms with Crippen LogP contribution in [0.2, 0.25) is 0 Å². The van der Waals surface area contributed by atoms with Gasteiger partial charge in [-0.1, -0.05) is 20.8 Å². The zero-order valence-electron chi connectivity index (χ0n) is 12.5. The highest BCUT2D eigenvalue weighted by Crippen LogP contribution is 2.20. The van der Waals surface area contributed by atoms with Crippen molar-refractivity contribution in [1.29, 1.82) is 0 Å². The van der Waals surface area contributed by atoms with Gasteiger partial charge in [-0.2, -0.15) is 0 Å². The van der Waals surface area contributed by atoms with Crippen molar-refractivity contribution in [1.82, 2.24) is 9.80 Å². The summed E-state index contributed by atoms with van der Waals surface area (Å²) in [5.74, 6) is 0.346. The van der Waals surface area contributed by atoms with E-state index in [-0.39, 0.29) is 17.4 Å². The van der Waals surface area contributed by atoms with E-state index in [1.807, 2.05) is 20.8 Å². The summed E-state index contributed by atoms with van der Waals surface area (Å²) in [6.45, 7) is 9.70. The second-order valence-corrected chi connectivity index (χ2v) is 6.45. The maximum atomic E-state index is 12.1. The molecule has 1 unspecified atom stereocenters. The fourth-order valence-electron chi connectivity index (χ4n) is 2.21. The van der Waals surface area contributed by atoms with E-state index in [1.165, 1.54) is 6.26 Å². The Labute approximate surface area is 120 Å². The smallest absolute Gasteiger partial charge is 0.289 e. The van der Waals surface area contributed by atoms with Crippen molar-refractivity contribution in [3.63, 3.8) is 0 Å². The standard InChI is InChI=1S/C15H24N2O3/c1-15(2,3)13(18)11-16-6-8-17(9-7-16)14(19)12-5-4-10-20-12/h4-5,10,13,18H,6-9,11H2,1-3H3. The molecule has 0 saturated carbocycles. The van der Waals surface area contributed by atoms with Crippen molar-refractivity contribution in [2.75, 3.05) is 32.7 Å². The van der Waals surface area contributed by atoms with Crippen LogP contribution in [-0.2, 0) is 0 Å². The molecule has 1 aromatic heterocycles. The Balaban J connectivity index is 1.82. The number of piperazine rings is 1. The number of carbonyl (C=O) groups excluding carboxylic acids is 1. The monoisotopic (exact) mass is 280 g/mol. The van der Waals surface area contributed by atoms with E-state index in [1.54, 1.807) is 17.0 Å². The van der Waals surface area contributed by atoms with Gasteiger partial charge in [-0.15, -0.1) is 0 Å². The van der Waals surface area contributed by atoms with Gasteiger partial charge >= 0.3 is 0 Å². The Morgan fingerprint density at radius 3 is 2.50 bits per heavy atom. The summed E-state index contributed by atoms with van der Waals surface area (Å²) in [5.41, 5.74) is -0.110. The molecule has 1 aliphatic heterocycles. The van der Waals surface area contributed by atoms with Crippen molar-refractivity contribution < 1.29 is 14.3 Å². The van der Waals surface area contributed by atoms with Gasteiger partial charge in [-0.05, 0) is 17.5 Å². The van der Waals surface area contributed by atoms with Crippen molar-refractivity contribution in [3.8, 4) is 0 Å². The van der Waals surface area contributed by atoms with Gasteiger partial charge in [0.15, 0.2) is 5.76 Å². The number of hydrogen-bond donors (Lipinski definition) is 1. The van der Waals surface area contributed by atoms with E-state index in [0.717, 1.165) is 13.1 Å².